The first kappa shape index (κ1) is 9.62. The van der Waals surface area contributed by atoms with Crippen LogP contribution >= 0.6 is 0 Å². The quantitative estimate of drug-likeness (QED) is 0.770. The lowest BCUT2D eigenvalue weighted by Gasteiger charge is -2.14. The van der Waals surface area contributed by atoms with Gasteiger partial charge in [0.2, 0.25) is 0 Å². The third kappa shape index (κ3) is 2.30. The summed E-state index contributed by atoms with van der Waals surface area (Å²) in [5.41, 5.74) is 6.82. The Labute approximate surface area is 83.5 Å². The summed E-state index contributed by atoms with van der Waals surface area (Å²) in [7, 11) is 0. The van der Waals surface area contributed by atoms with Crippen molar-refractivity contribution < 1.29 is 4.39 Å². The van der Waals surface area contributed by atoms with Gasteiger partial charge in [0.05, 0.1) is 0 Å². The molecule has 0 radical (unpaired) electrons. The highest BCUT2D eigenvalue weighted by Crippen LogP contribution is 2.12. The van der Waals surface area contributed by atoms with Gasteiger partial charge in [-0.05, 0) is 24.1 Å². The van der Waals surface area contributed by atoms with E-state index in [2.05, 4.69) is 4.90 Å². The van der Waals surface area contributed by atoms with E-state index in [-0.39, 0.29) is 5.82 Å². The van der Waals surface area contributed by atoms with Crippen molar-refractivity contribution in [2.24, 2.45) is 5.73 Å². The van der Waals surface area contributed by atoms with Crippen LogP contribution in [0.3, 0.4) is 0 Å². The predicted molar refractivity (Wildman–Crippen MR) is 54.3 cm³/mol. The van der Waals surface area contributed by atoms with Gasteiger partial charge in [-0.3, -0.25) is 4.90 Å². The van der Waals surface area contributed by atoms with Crippen LogP contribution in [-0.2, 0) is 6.54 Å². The highest BCUT2D eigenvalue weighted by molar-refractivity contribution is 5.16. The Hall–Kier alpha value is -0.930. The SMILES string of the molecule is N[C@@H]1CCN(Cc2cccc(F)c2)C1. The number of hydrogen-bond donors (Lipinski definition) is 1. The van der Waals surface area contributed by atoms with Crippen LogP contribution in [0.5, 0.6) is 0 Å². The third-order valence-electron chi connectivity index (χ3n) is 2.60. The average molecular weight is 194 g/mol. The largest absolute Gasteiger partial charge is 0.326 e. The summed E-state index contributed by atoms with van der Waals surface area (Å²) < 4.78 is 12.9. The van der Waals surface area contributed by atoms with E-state index in [1.54, 1.807) is 12.1 Å². The average Bonchev–Trinajstić information content (AvgIpc) is 2.51. The van der Waals surface area contributed by atoms with Crippen molar-refractivity contribution in [1.29, 1.82) is 0 Å². The molecule has 2 N–H and O–H groups in total. The fourth-order valence-corrected chi connectivity index (χ4v) is 1.90. The molecular weight excluding hydrogens is 179 g/mol. The molecule has 0 saturated carbocycles. The number of hydrogen-bond acceptors (Lipinski definition) is 2. The summed E-state index contributed by atoms with van der Waals surface area (Å²) in [6.45, 7) is 2.76. The van der Waals surface area contributed by atoms with Crippen LogP contribution in [0.15, 0.2) is 24.3 Å². The van der Waals surface area contributed by atoms with Crippen molar-refractivity contribution in [2.45, 2.75) is 19.0 Å². The van der Waals surface area contributed by atoms with E-state index in [1.807, 2.05) is 6.07 Å². The Morgan fingerprint density at radius 3 is 3.00 bits per heavy atom. The Morgan fingerprint density at radius 1 is 1.50 bits per heavy atom. The zero-order valence-corrected chi connectivity index (χ0v) is 8.12. The van der Waals surface area contributed by atoms with Gasteiger partial charge in [0.1, 0.15) is 5.82 Å². The van der Waals surface area contributed by atoms with Gasteiger partial charge in [-0.1, -0.05) is 12.1 Å². The van der Waals surface area contributed by atoms with Gasteiger partial charge in [0.15, 0.2) is 0 Å². The summed E-state index contributed by atoms with van der Waals surface area (Å²) in [5.74, 6) is -0.161. The minimum absolute atomic E-state index is 0.161. The maximum Gasteiger partial charge on any atom is 0.123 e. The first-order chi connectivity index (χ1) is 6.74. The molecule has 1 atom stereocenters. The Balaban J connectivity index is 1.97. The number of nitrogens with two attached hydrogens (primary N) is 1. The molecule has 1 fully saturated rings. The molecule has 3 heteroatoms. The number of benzene rings is 1. The van der Waals surface area contributed by atoms with E-state index in [9.17, 15) is 4.39 Å². The molecule has 14 heavy (non-hydrogen) atoms. The zero-order chi connectivity index (χ0) is 9.97. The summed E-state index contributed by atoms with van der Waals surface area (Å²) in [6.07, 6.45) is 1.05. The predicted octanol–water partition coefficient (Wildman–Crippen LogP) is 1.36. The Kier molecular flexibility index (Phi) is 2.79. The van der Waals surface area contributed by atoms with Crippen LogP contribution in [-0.4, -0.2) is 24.0 Å². The van der Waals surface area contributed by atoms with Crippen molar-refractivity contribution in [1.82, 2.24) is 4.90 Å². The molecule has 1 aromatic carbocycles. The number of rotatable bonds is 2. The second-order valence-electron chi connectivity index (χ2n) is 3.91. The van der Waals surface area contributed by atoms with Crippen LogP contribution in [0, 0.1) is 5.82 Å². The molecule has 0 spiro atoms. The van der Waals surface area contributed by atoms with Crippen LogP contribution in [0.2, 0.25) is 0 Å². The third-order valence-corrected chi connectivity index (χ3v) is 2.60. The van der Waals surface area contributed by atoms with Crippen LogP contribution in [0.4, 0.5) is 4.39 Å². The minimum atomic E-state index is -0.161. The second-order valence-corrected chi connectivity index (χ2v) is 3.91. The molecule has 1 aliphatic rings. The Bertz CT molecular complexity index is 314. The van der Waals surface area contributed by atoms with E-state index < -0.39 is 0 Å². The van der Waals surface area contributed by atoms with Gasteiger partial charge in [-0.2, -0.15) is 0 Å². The molecule has 0 aliphatic carbocycles. The van der Waals surface area contributed by atoms with Gasteiger partial charge in [0, 0.05) is 25.7 Å². The number of nitrogens with zero attached hydrogens (tertiary/aromatic N) is 1. The number of likely N-dealkylation sites (tertiary alicyclic amines) is 1. The first-order valence-electron chi connectivity index (χ1n) is 4.96. The maximum absolute atomic E-state index is 12.9. The highest BCUT2D eigenvalue weighted by Gasteiger charge is 2.18. The van der Waals surface area contributed by atoms with Gasteiger partial charge < -0.3 is 5.73 Å². The number of halogens is 1. The van der Waals surface area contributed by atoms with Gasteiger partial charge >= 0.3 is 0 Å². The van der Waals surface area contributed by atoms with Crippen LogP contribution in [0.25, 0.3) is 0 Å². The van der Waals surface area contributed by atoms with E-state index in [4.69, 9.17) is 5.73 Å². The topological polar surface area (TPSA) is 29.3 Å². The molecule has 1 saturated heterocycles. The molecule has 0 bridgehead atoms. The van der Waals surface area contributed by atoms with Crippen molar-refractivity contribution in [3.05, 3.63) is 35.6 Å². The highest BCUT2D eigenvalue weighted by atomic mass is 19.1. The van der Waals surface area contributed by atoms with Crippen molar-refractivity contribution in [2.75, 3.05) is 13.1 Å². The van der Waals surface area contributed by atoms with Crippen molar-refractivity contribution >= 4 is 0 Å². The standard InChI is InChI=1S/C11H15FN2/c12-10-3-1-2-9(6-10)7-14-5-4-11(13)8-14/h1-3,6,11H,4-5,7-8,13H2/t11-/m1/s1. The molecule has 0 aromatic heterocycles. The molecule has 1 heterocycles. The Morgan fingerprint density at radius 2 is 2.36 bits per heavy atom. The zero-order valence-electron chi connectivity index (χ0n) is 8.12. The molecular formula is C11H15FN2. The van der Waals surface area contributed by atoms with Crippen LogP contribution < -0.4 is 5.73 Å². The maximum atomic E-state index is 12.9. The molecule has 2 nitrogen and oxygen atoms in total. The lowest BCUT2D eigenvalue weighted by atomic mass is 10.2. The summed E-state index contributed by atoms with van der Waals surface area (Å²) in [4.78, 5) is 2.26. The fraction of sp³-hybridized carbons (Fsp3) is 0.455. The molecule has 0 unspecified atom stereocenters. The summed E-state index contributed by atoms with van der Waals surface area (Å²) in [6, 6.07) is 7.06. The first-order valence-corrected chi connectivity index (χ1v) is 4.96. The van der Waals surface area contributed by atoms with Gasteiger partial charge in [0.25, 0.3) is 0 Å². The summed E-state index contributed by atoms with van der Waals surface area (Å²) >= 11 is 0. The van der Waals surface area contributed by atoms with E-state index >= 15 is 0 Å². The monoisotopic (exact) mass is 194 g/mol. The lowest BCUT2D eigenvalue weighted by Crippen LogP contribution is -2.26. The molecule has 0 amide bonds. The molecule has 1 aliphatic heterocycles. The van der Waals surface area contributed by atoms with E-state index in [0.29, 0.717) is 6.04 Å². The van der Waals surface area contributed by atoms with Gasteiger partial charge in [-0.15, -0.1) is 0 Å². The van der Waals surface area contributed by atoms with Crippen molar-refractivity contribution in [3.8, 4) is 0 Å². The normalized spacial score (nSPS) is 22.9. The van der Waals surface area contributed by atoms with E-state index in [0.717, 1.165) is 31.6 Å². The summed E-state index contributed by atoms with van der Waals surface area (Å²) in [5, 5.41) is 0. The van der Waals surface area contributed by atoms with Gasteiger partial charge in [-0.25, -0.2) is 4.39 Å². The lowest BCUT2D eigenvalue weighted by molar-refractivity contribution is 0.326. The van der Waals surface area contributed by atoms with E-state index in [1.165, 1.54) is 6.07 Å². The minimum Gasteiger partial charge on any atom is -0.326 e. The van der Waals surface area contributed by atoms with Crippen LogP contribution in [0.1, 0.15) is 12.0 Å². The second kappa shape index (κ2) is 4.07. The molecule has 2 rings (SSSR count). The van der Waals surface area contributed by atoms with Crippen molar-refractivity contribution in [3.63, 3.8) is 0 Å². The molecule has 76 valence electrons. The smallest absolute Gasteiger partial charge is 0.123 e. The molecule has 1 aromatic rings. The fourth-order valence-electron chi connectivity index (χ4n) is 1.90.